The summed E-state index contributed by atoms with van der Waals surface area (Å²) in [6, 6.07) is 3.16. The zero-order valence-corrected chi connectivity index (χ0v) is 16.1. The zero-order valence-electron chi connectivity index (χ0n) is 16.1. The molecule has 1 atom stereocenters. The maximum atomic E-state index is 11.9. The minimum absolute atomic E-state index is 0.125. The Morgan fingerprint density at radius 3 is 2.43 bits per heavy atom. The molecule has 28 heavy (non-hydrogen) atoms. The van der Waals surface area contributed by atoms with Gasteiger partial charge in [-0.1, -0.05) is 0 Å². The summed E-state index contributed by atoms with van der Waals surface area (Å²) in [5, 5.41) is 7.73. The first-order valence-electron chi connectivity index (χ1n) is 8.46. The molecule has 1 aliphatic heterocycles. The van der Waals surface area contributed by atoms with E-state index < -0.39 is 11.9 Å². The van der Waals surface area contributed by atoms with Crippen LogP contribution in [0.3, 0.4) is 0 Å². The van der Waals surface area contributed by atoms with Gasteiger partial charge in [0.25, 0.3) is 0 Å². The number of nitrogens with one attached hydrogen (secondary N) is 2. The Hall–Kier alpha value is -3.43. The van der Waals surface area contributed by atoms with E-state index in [1.807, 2.05) is 0 Å². The highest BCUT2D eigenvalue weighted by Crippen LogP contribution is 2.38. The molecule has 0 fully saturated rings. The van der Waals surface area contributed by atoms with Gasteiger partial charge in [0.05, 0.1) is 26.4 Å². The molecule has 150 valence electrons. The van der Waals surface area contributed by atoms with Crippen LogP contribution in [0.5, 0.6) is 17.2 Å². The number of hydrogen-bond donors (Lipinski definition) is 2. The summed E-state index contributed by atoms with van der Waals surface area (Å²) in [4.78, 5) is 34.7. The van der Waals surface area contributed by atoms with Crippen molar-refractivity contribution in [2.45, 2.75) is 26.7 Å². The van der Waals surface area contributed by atoms with Crippen molar-refractivity contribution >= 4 is 29.7 Å². The van der Waals surface area contributed by atoms with Crippen LogP contribution in [-0.2, 0) is 14.4 Å². The van der Waals surface area contributed by atoms with Gasteiger partial charge in [-0.3, -0.25) is 14.4 Å². The number of esters is 1. The Kier molecular flexibility index (Phi) is 7.08. The summed E-state index contributed by atoms with van der Waals surface area (Å²) in [5.41, 5.74) is 6.00. The average molecular weight is 390 g/mol. The lowest BCUT2D eigenvalue weighted by Crippen LogP contribution is -2.25. The van der Waals surface area contributed by atoms with Crippen LogP contribution in [0.4, 0.5) is 0 Å². The molecule has 0 aliphatic carbocycles. The molecule has 10 heteroatoms. The van der Waals surface area contributed by atoms with E-state index in [9.17, 15) is 14.4 Å². The number of hydrogen-bond acceptors (Lipinski definition) is 8. The Morgan fingerprint density at radius 1 is 1.29 bits per heavy atom. The Balaban J connectivity index is 1.99. The second-order valence-corrected chi connectivity index (χ2v) is 5.96. The van der Waals surface area contributed by atoms with Crippen molar-refractivity contribution in [2.75, 3.05) is 14.2 Å². The molecule has 1 heterocycles. The van der Waals surface area contributed by atoms with E-state index in [2.05, 4.69) is 21.1 Å². The van der Waals surface area contributed by atoms with Gasteiger partial charge < -0.3 is 14.2 Å². The smallest absolute Gasteiger partial charge is 0.308 e. The van der Waals surface area contributed by atoms with E-state index in [1.165, 1.54) is 27.4 Å². The van der Waals surface area contributed by atoms with Gasteiger partial charge in [-0.2, -0.15) is 10.2 Å². The molecule has 1 aromatic carbocycles. The molecular formula is C18H22N4O6. The molecule has 2 rings (SSSR count). The predicted octanol–water partition coefficient (Wildman–Crippen LogP) is 0.981. The van der Waals surface area contributed by atoms with Crippen LogP contribution >= 0.6 is 0 Å². The minimum atomic E-state index is -0.512. The molecule has 2 amide bonds. The molecule has 0 saturated heterocycles. The second kappa shape index (κ2) is 9.49. The minimum Gasteiger partial charge on any atom is -0.493 e. The molecule has 2 N–H and O–H groups in total. The van der Waals surface area contributed by atoms with Crippen molar-refractivity contribution in [3.05, 3.63) is 17.7 Å². The van der Waals surface area contributed by atoms with Gasteiger partial charge in [0.15, 0.2) is 11.5 Å². The SMILES string of the molecule is COc1cc(/C=N/NC(=O)CC[C@@H]2C(=O)NN=C2C)cc(OC)c1OC(C)=O. The first-order chi connectivity index (χ1) is 13.3. The molecule has 1 aromatic rings. The number of nitrogens with zero attached hydrogens (tertiary/aromatic N) is 2. The van der Waals surface area contributed by atoms with Crippen molar-refractivity contribution in [3.8, 4) is 17.2 Å². The van der Waals surface area contributed by atoms with E-state index in [0.29, 0.717) is 17.7 Å². The number of ether oxygens (including phenoxy) is 3. The quantitative estimate of drug-likeness (QED) is 0.295. The molecule has 1 aliphatic rings. The topological polar surface area (TPSA) is 128 Å². The normalized spacial score (nSPS) is 15.8. The van der Waals surface area contributed by atoms with Crippen LogP contribution in [0.2, 0.25) is 0 Å². The van der Waals surface area contributed by atoms with Crippen molar-refractivity contribution in [2.24, 2.45) is 16.1 Å². The second-order valence-electron chi connectivity index (χ2n) is 5.96. The number of rotatable bonds is 8. The maximum absolute atomic E-state index is 11.9. The van der Waals surface area contributed by atoms with E-state index in [-0.39, 0.29) is 35.5 Å². The summed E-state index contributed by atoms with van der Waals surface area (Å²) in [5.74, 6) is -0.724. The summed E-state index contributed by atoms with van der Waals surface area (Å²) in [6.07, 6.45) is 1.87. The Bertz CT molecular complexity index is 808. The molecule has 0 saturated carbocycles. The highest BCUT2D eigenvalue weighted by Gasteiger charge is 2.27. The number of amides is 2. The summed E-state index contributed by atoms with van der Waals surface area (Å²) in [6.45, 7) is 3.01. The van der Waals surface area contributed by atoms with E-state index in [1.54, 1.807) is 19.1 Å². The van der Waals surface area contributed by atoms with Gasteiger partial charge >= 0.3 is 5.97 Å². The third-order valence-corrected chi connectivity index (χ3v) is 3.95. The fourth-order valence-electron chi connectivity index (χ4n) is 2.56. The van der Waals surface area contributed by atoms with E-state index in [0.717, 1.165) is 0 Å². The van der Waals surface area contributed by atoms with Crippen molar-refractivity contribution < 1.29 is 28.6 Å². The van der Waals surface area contributed by atoms with E-state index in [4.69, 9.17) is 14.2 Å². The average Bonchev–Trinajstić information content (AvgIpc) is 2.98. The molecule has 0 aromatic heterocycles. The fraction of sp³-hybridized carbons (Fsp3) is 0.389. The maximum Gasteiger partial charge on any atom is 0.308 e. The highest BCUT2D eigenvalue weighted by molar-refractivity contribution is 6.07. The molecular weight excluding hydrogens is 368 g/mol. The van der Waals surface area contributed by atoms with Crippen molar-refractivity contribution in [1.82, 2.24) is 10.9 Å². The van der Waals surface area contributed by atoms with Gasteiger partial charge in [0.1, 0.15) is 0 Å². The van der Waals surface area contributed by atoms with Crippen molar-refractivity contribution in [3.63, 3.8) is 0 Å². The van der Waals surface area contributed by atoms with Gasteiger partial charge in [0.2, 0.25) is 17.6 Å². The summed E-state index contributed by atoms with van der Waals surface area (Å²) in [7, 11) is 2.85. The zero-order chi connectivity index (χ0) is 20.7. The number of hydrazone groups is 2. The summed E-state index contributed by atoms with van der Waals surface area (Å²) >= 11 is 0. The standard InChI is InChI=1S/C18H22N4O6/c1-10-13(18(25)22-20-10)5-6-16(24)21-19-9-12-7-14(26-3)17(28-11(2)23)15(8-12)27-4/h7-9,13H,5-6H2,1-4H3,(H,21,24)(H,22,25)/b19-9+/t13-/m0/s1. The molecule has 0 radical (unpaired) electrons. The molecule has 0 bridgehead atoms. The predicted molar refractivity (Wildman–Crippen MR) is 101 cm³/mol. The first kappa shape index (κ1) is 20.9. The van der Waals surface area contributed by atoms with Crippen molar-refractivity contribution in [1.29, 1.82) is 0 Å². The van der Waals surface area contributed by atoms with Crippen LogP contribution < -0.4 is 25.1 Å². The monoisotopic (exact) mass is 390 g/mol. The van der Waals surface area contributed by atoms with Crippen LogP contribution in [0.1, 0.15) is 32.3 Å². The molecule has 10 nitrogen and oxygen atoms in total. The van der Waals surface area contributed by atoms with Crippen LogP contribution in [-0.4, -0.2) is 43.9 Å². The fourth-order valence-corrected chi connectivity index (χ4v) is 2.56. The molecule has 0 spiro atoms. The largest absolute Gasteiger partial charge is 0.493 e. The first-order valence-corrected chi connectivity index (χ1v) is 8.46. The van der Waals surface area contributed by atoms with Gasteiger partial charge in [0, 0.05) is 24.6 Å². The Morgan fingerprint density at radius 2 is 1.93 bits per heavy atom. The lowest BCUT2D eigenvalue weighted by Gasteiger charge is -2.13. The van der Waals surface area contributed by atoms with Crippen LogP contribution in [0.15, 0.2) is 22.3 Å². The number of carbonyl (C=O) groups excluding carboxylic acids is 3. The van der Waals surface area contributed by atoms with Gasteiger partial charge in [-0.25, -0.2) is 10.9 Å². The van der Waals surface area contributed by atoms with Crippen LogP contribution in [0.25, 0.3) is 0 Å². The third-order valence-electron chi connectivity index (χ3n) is 3.95. The lowest BCUT2D eigenvalue weighted by molar-refractivity contribution is -0.132. The molecule has 0 unspecified atom stereocenters. The third kappa shape index (κ3) is 5.29. The van der Waals surface area contributed by atoms with Crippen LogP contribution in [0, 0.1) is 5.92 Å². The number of methoxy groups -OCH3 is 2. The summed E-state index contributed by atoms with van der Waals surface area (Å²) < 4.78 is 15.5. The lowest BCUT2D eigenvalue weighted by atomic mass is 9.99. The van der Waals surface area contributed by atoms with Gasteiger partial charge in [-0.05, 0) is 25.5 Å². The Labute approximate surface area is 161 Å². The number of benzene rings is 1. The van der Waals surface area contributed by atoms with E-state index >= 15 is 0 Å². The number of carbonyl (C=O) groups is 3. The van der Waals surface area contributed by atoms with Gasteiger partial charge in [-0.15, -0.1) is 0 Å². The highest BCUT2D eigenvalue weighted by atomic mass is 16.6.